The van der Waals surface area contributed by atoms with Crippen molar-refractivity contribution < 1.29 is 9.90 Å². The molecule has 2 saturated heterocycles. The molecule has 2 unspecified atom stereocenters. The molecule has 0 radical (unpaired) electrons. The molecule has 2 fully saturated rings. The van der Waals surface area contributed by atoms with E-state index in [1.54, 1.807) is 0 Å². The van der Waals surface area contributed by atoms with E-state index in [1.165, 1.54) is 0 Å². The van der Waals surface area contributed by atoms with Crippen LogP contribution >= 0.6 is 0 Å². The number of nitrogens with zero attached hydrogens (tertiary/aromatic N) is 2. The van der Waals surface area contributed by atoms with Crippen LogP contribution < -0.4 is 4.90 Å². The van der Waals surface area contributed by atoms with Crippen LogP contribution in [0.2, 0.25) is 0 Å². The number of fused-ring (bicyclic) bond motifs is 2. The number of piperidine rings is 1. The minimum Gasteiger partial charge on any atom is -0.481 e. The van der Waals surface area contributed by atoms with Gasteiger partial charge in [-0.15, -0.1) is 0 Å². The van der Waals surface area contributed by atoms with Crippen molar-refractivity contribution in [2.75, 3.05) is 4.90 Å². The van der Waals surface area contributed by atoms with E-state index in [-0.39, 0.29) is 18.0 Å². The maximum Gasteiger partial charge on any atom is 0.306 e. The highest BCUT2D eigenvalue weighted by molar-refractivity contribution is 5.71. The Morgan fingerprint density at radius 3 is 2.47 bits per heavy atom. The number of carbonyl (C=O) groups is 1. The van der Waals surface area contributed by atoms with Crippen molar-refractivity contribution in [1.82, 2.24) is 0 Å². The van der Waals surface area contributed by atoms with Gasteiger partial charge in [-0.05, 0) is 37.8 Å². The first-order valence-corrected chi connectivity index (χ1v) is 6.71. The topological polar surface area (TPSA) is 64.3 Å². The predicted octanol–water partition coefficient (Wildman–Crippen LogP) is 2.39. The zero-order valence-electron chi connectivity index (χ0n) is 10.6. The molecule has 3 rings (SSSR count). The Morgan fingerprint density at radius 1 is 1.26 bits per heavy atom. The summed E-state index contributed by atoms with van der Waals surface area (Å²) in [5, 5.41) is 18.4. The molecule has 0 aliphatic carbocycles. The fraction of sp³-hybridized carbons (Fsp3) is 0.467. The molecule has 2 aliphatic rings. The molecule has 0 spiro atoms. The highest BCUT2D eigenvalue weighted by Crippen LogP contribution is 2.42. The number of para-hydroxylation sites is 1. The van der Waals surface area contributed by atoms with Crippen LogP contribution in [0.4, 0.5) is 5.69 Å². The number of benzene rings is 1. The fourth-order valence-corrected chi connectivity index (χ4v) is 3.57. The maximum atomic E-state index is 11.2. The van der Waals surface area contributed by atoms with Crippen molar-refractivity contribution in [2.24, 2.45) is 5.92 Å². The zero-order valence-corrected chi connectivity index (χ0v) is 10.6. The lowest BCUT2D eigenvalue weighted by Crippen LogP contribution is -2.45. The zero-order chi connectivity index (χ0) is 13.4. The quantitative estimate of drug-likeness (QED) is 0.882. The summed E-state index contributed by atoms with van der Waals surface area (Å²) in [6.45, 7) is 0. The summed E-state index contributed by atoms with van der Waals surface area (Å²) < 4.78 is 0. The number of anilines is 1. The average Bonchev–Trinajstić information content (AvgIpc) is 2.68. The second kappa shape index (κ2) is 4.58. The van der Waals surface area contributed by atoms with Crippen molar-refractivity contribution in [2.45, 2.75) is 37.8 Å². The highest BCUT2D eigenvalue weighted by atomic mass is 16.4. The average molecular weight is 256 g/mol. The normalized spacial score (nSPS) is 29.0. The second-order valence-corrected chi connectivity index (χ2v) is 5.43. The lowest BCUT2D eigenvalue weighted by atomic mass is 9.90. The van der Waals surface area contributed by atoms with Crippen molar-refractivity contribution in [3.8, 4) is 6.07 Å². The van der Waals surface area contributed by atoms with E-state index in [0.717, 1.165) is 18.5 Å². The smallest absolute Gasteiger partial charge is 0.306 e. The van der Waals surface area contributed by atoms with Crippen LogP contribution in [-0.2, 0) is 4.79 Å². The first-order valence-electron chi connectivity index (χ1n) is 6.71. The van der Waals surface area contributed by atoms with Gasteiger partial charge in [-0.25, -0.2) is 0 Å². The third kappa shape index (κ3) is 1.95. The van der Waals surface area contributed by atoms with Gasteiger partial charge >= 0.3 is 5.97 Å². The largest absolute Gasteiger partial charge is 0.481 e. The molecule has 0 aromatic heterocycles. The first-order chi connectivity index (χ1) is 9.20. The molecule has 19 heavy (non-hydrogen) atoms. The van der Waals surface area contributed by atoms with E-state index in [1.807, 2.05) is 24.3 Å². The lowest BCUT2D eigenvalue weighted by molar-refractivity contribution is -0.142. The lowest BCUT2D eigenvalue weighted by Gasteiger charge is -2.39. The van der Waals surface area contributed by atoms with Gasteiger partial charge in [-0.3, -0.25) is 4.79 Å². The number of carboxylic acids is 1. The summed E-state index contributed by atoms with van der Waals surface area (Å²) in [7, 11) is 0. The second-order valence-electron chi connectivity index (χ2n) is 5.43. The van der Waals surface area contributed by atoms with E-state index in [9.17, 15) is 15.2 Å². The minimum atomic E-state index is -0.676. The van der Waals surface area contributed by atoms with Crippen LogP contribution in [0.1, 0.15) is 31.2 Å². The van der Waals surface area contributed by atoms with Gasteiger partial charge in [0.2, 0.25) is 0 Å². The van der Waals surface area contributed by atoms with Gasteiger partial charge in [0.1, 0.15) is 6.07 Å². The van der Waals surface area contributed by atoms with Gasteiger partial charge in [-0.1, -0.05) is 12.1 Å². The number of hydrogen-bond acceptors (Lipinski definition) is 3. The third-order valence-corrected chi connectivity index (χ3v) is 4.38. The van der Waals surface area contributed by atoms with Crippen LogP contribution in [0.3, 0.4) is 0 Å². The Labute approximate surface area is 112 Å². The molecule has 0 amide bonds. The summed E-state index contributed by atoms with van der Waals surface area (Å²) in [4.78, 5) is 13.5. The van der Waals surface area contributed by atoms with Crippen LogP contribution in [0.5, 0.6) is 0 Å². The van der Waals surface area contributed by atoms with Crippen LogP contribution in [0.25, 0.3) is 0 Å². The molecular formula is C15H16N2O2. The molecule has 2 atom stereocenters. The SMILES string of the molecule is N#Cc1ccccc1N1C2CCC1CC(C(=O)O)C2. The van der Waals surface area contributed by atoms with Gasteiger partial charge in [0, 0.05) is 12.1 Å². The molecule has 2 heterocycles. The van der Waals surface area contributed by atoms with Crippen LogP contribution in [0, 0.1) is 17.2 Å². The first kappa shape index (κ1) is 12.0. The maximum absolute atomic E-state index is 11.2. The van der Waals surface area contributed by atoms with Gasteiger partial charge in [0.05, 0.1) is 17.2 Å². The summed E-state index contributed by atoms with van der Waals surface area (Å²) in [5.41, 5.74) is 1.66. The Kier molecular flexibility index (Phi) is 2.90. The molecule has 4 heteroatoms. The highest BCUT2D eigenvalue weighted by Gasteiger charge is 2.43. The summed E-state index contributed by atoms with van der Waals surface area (Å²) in [6.07, 6.45) is 3.47. The molecule has 98 valence electrons. The van der Waals surface area contributed by atoms with Gasteiger partial charge in [0.15, 0.2) is 0 Å². The summed E-state index contributed by atoms with van der Waals surface area (Å²) >= 11 is 0. The van der Waals surface area contributed by atoms with E-state index in [0.29, 0.717) is 18.4 Å². The number of rotatable bonds is 2. The van der Waals surface area contributed by atoms with Crippen molar-refractivity contribution in [3.63, 3.8) is 0 Å². The number of nitriles is 1. The summed E-state index contributed by atoms with van der Waals surface area (Å²) in [6, 6.07) is 10.4. The summed E-state index contributed by atoms with van der Waals surface area (Å²) in [5.74, 6) is -0.895. The van der Waals surface area contributed by atoms with Crippen LogP contribution in [0.15, 0.2) is 24.3 Å². The van der Waals surface area contributed by atoms with Crippen molar-refractivity contribution in [1.29, 1.82) is 5.26 Å². The number of carboxylic acid groups (broad SMARTS) is 1. The molecule has 4 nitrogen and oxygen atoms in total. The Balaban J connectivity index is 1.92. The van der Waals surface area contributed by atoms with Gasteiger partial charge < -0.3 is 10.0 Å². The molecular weight excluding hydrogens is 240 g/mol. The van der Waals surface area contributed by atoms with Gasteiger partial charge in [-0.2, -0.15) is 5.26 Å². The van der Waals surface area contributed by atoms with E-state index in [4.69, 9.17) is 0 Å². The van der Waals surface area contributed by atoms with Crippen molar-refractivity contribution >= 4 is 11.7 Å². The Morgan fingerprint density at radius 2 is 1.89 bits per heavy atom. The molecule has 0 saturated carbocycles. The number of hydrogen-bond donors (Lipinski definition) is 1. The molecule has 2 bridgehead atoms. The molecule has 1 aromatic carbocycles. The van der Waals surface area contributed by atoms with E-state index in [2.05, 4.69) is 11.0 Å². The van der Waals surface area contributed by atoms with E-state index >= 15 is 0 Å². The van der Waals surface area contributed by atoms with Crippen molar-refractivity contribution in [3.05, 3.63) is 29.8 Å². The molecule has 1 N–H and O–H groups in total. The minimum absolute atomic E-state index is 0.219. The Hall–Kier alpha value is -2.02. The fourth-order valence-electron chi connectivity index (χ4n) is 3.57. The predicted molar refractivity (Wildman–Crippen MR) is 70.8 cm³/mol. The number of aliphatic carboxylic acids is 1. The standard InChI is InChI=1S/C15H16N2O2/c16-9-10-3-1-2-4-14(10)17-12-5-6-13(17)8-11(7-12)15(18)19/h1-4,11-13H,5-8H2,(H,18,19). The third-order valence-electron chi connectivity index (χ3n) is 4.38. The molecule has 1 aromatic rings. The Bertz CT molecular complexity index is 535. The monoisotopic (exact) mass is 256 g/mol. The van der Waals surface area contributed by atoms with Crippen LogP contribution in [-0.4, -0.2) is 23.2 Å². The molecule has 2 aliphatic heterocycles. The van der Waals surface area contributed by atoms with E-state index < -0.39 is 5.97 Å². The van der Waals surface area contributed by atoms with Gasteiger partial charge in [0.25, 0.3) is 0 Å².